The van der Waals surface area contributed by atoms with E-state index in [1.807, 2.05) is 0 Å². The number of ketones is 1. The van der Waals surface area contributed by atoms with Gasteiger partial charge in [0.2, 0.25) is 0 Å². The highest BCUT2D eigenvalue weighted by Gasteiger charge is 2.49. The molecule has 3 atom stereocenters. The van der Waals surface area contributed by atoms with Gasteiger partial charge in [-0.2, -0.15) is 0 Å². The van der Waals surface area contributed by atoms with Crippen LogP contribution in [0.15, 0.2) is 0 Å². The third kappa shape index (κ3) is 1.32. The number of Topliss-reactive ketones (excluding diaryl/α,β-unsaturated/α-hetero) is 1. The van der Waals surface area contributed by atoms with Crippen LogP contribution in [0.4, 0.5) is 0 Å². The van der Waals surface area contributed by atoms with Crippen molar-refractivity contribution in [2.75, 3.05) is 6.54 Å². The summed E-state index contributed by atoms with van der Waals surface area (Å²) in [6.07, 6.45) is 2.62. The summed E-state index contributed by atoms with van der Waals surface area (Å²) in [5.74, 6) is 1.90. The van der Waals surface area contributed by atoms with Gasteiger partial charge in [-0.25, -0.2) is 0 Å². The molecule has 1 heterocycles. The predicted octanol–water partition coefficient (Wildman–Crippen LogP) is 1.69. The molecule has 0 aromatic heterocycles. The lowest BCUT2D eigenvalue weighted by molar-refractivity contribution is -0.123. The summed E-state index contributed by atoms with van der Waals surface area (Å²) >= 11 is 0. The number of likely N-dealkylation sites (tertiary alicyclic amines) is 1. The topological polar surface area (TPSA) is 20.3 Å². The third-order valence-corrected chi connectivity index (χ3v) is 3.76. The molecule has 2 nitrogen and oxygen atoms in total. The van der Waals surface area contributed by atoms with Crippen LogP contribution < -0.4 is 0 Å². The fourth-order valence-corrected chi connectivity index (χ4v) is 2.93. The minimum atomic E-state index is 0.249. The summed E-state index contributed by atoms with van der Waals surface area (Å²) in [6, 6.07) is 0.776. The minimum absolute atomic E-state index is 0.249. The van der Waals surface area contributed by atoms with Gasteiger partial charge in [-0.15, -0.1) is 0 Å². The Balaban J connectivity index is 2.14. The molecule has 0 bridgehead atoms. The number of fused-ring (bicyclic) bond motifs is 1. The molecule has 2 aliphatic rings. The maximum atomic E-state index is 11.5. The molecule has 2 rings (SSSR count). The van der Waals surface area contributed by atoms with E-state index in [2.05, 4.69) is 18.7 Å². The first kappa shape index (κ1) is 9.20. The molecule has 1 saturated carbocycles. The average Bonchev–Trinajstić information content (AvgIpc) is 2.23. The van der Waals surface area contributed by atoms with Crippen molar-refractivity contribution in [3.8, 4) is 0 Å². The first-order chi connectivity index (χ1) is 6.11. The number of carbonyl (C=O) groups excluding carboxylic acids is 1. The van der Waals surface area contributed by atoms with E-state index in [1.165, 1.54) is 12.8 Å². The molecule has 3 unspecified atom stereocenters. The van der Waals surface area contributed by atoms with E-state index < -0.39 is 0 Å². The van der Waals surface area contributed by atoms with Crippen LogP contribution in [0.2, 0.25) is 0 Å². The number of hydrogen-bond acceptors (Lipinski definition) is 2. The predicted molar refractivity (Wildman–Crippen MR) is 52.5 cm³/mol. The van der Waals surface area contributed by atoms with Gasteiger partial charge in [0, 0.05) is 12.6 Å². The van der Waals surface area contributed by atoms with Gasteiger partial charge in [0.25, 0.3) is 0 Å². The Labute approximate surface area is 80.3 Å². The van der Waals surface area contributed by atoms with Gasteiger partial charge in [-0.3, -0.25) is 9.69 Å². The van der Waals surface area contributed by atoms with Crippen molar-refractivity contribution in [1.82, 2.24) is 4.90 Å². The minimum Gasteiger partial charge on any atom is -0.298 e. The van der Waals surface area contributed by atoms with Gasteiger partial charge in [-0.1, -0.05) is 0 Å². The van der Waals surface area contributed by atoms with E-state index in [0.717, 1.165) is 12.5 Å². The van der Waals surface area contributed by atoms with Crippen LogP contribution in [-0.2, 0) is 4.79 Å². The van der Waals surface area contributed by atoms with Crippen LogP contribution in [0.3, 0.4) is 0 Å². The molecule has 1 aliphatic carbocycles. The molecule has 0 spiro atoms. The van der Waals surface area contributed by atoms with Crippen molar-refractivity contribution in [2.24, 2.45) is 11.8 Å². The van der Waals surface area contributed by atoms with Gasteiger partial charge in [-0.05, 0) is 45.4 Å². The van der Waals surface area contributed by atoms with Crippen LogP contribution >= 0.6 is 0 Å². The zero-order valence-electron chi connectivity index (χ0n) is 8.79. The van der Waals surface area contributed by atoms with Crippen molar-refractivity contribution in [3.05, 3.63) is 0 Å². The van der Waals surface area contributed by atoms with Crippen LogP contribution in [0, 0.1) is 11.8 Å². The molecule has 0 aromatic rings. The van der Waals surface area contributed by atoms with Crippen molar-refractivity contribution in [2.45, 2.75) is 45.7 Å². The average molecular weight is 181 g/mol. The fraction of sp³-hybridized carbons (Fsp3) is 0.909. The van der Waals surface area contributed by atoms with Gasteiger partial charge in [0.1, 0.15) is 5.78 Å². The first-order valence-corrected chi connectivity index (χ1v) is 5.37. The molecule has 0 aromatic carbocycles. The summed E-state index contributed by atoms with van der Waals surface area (Å²) in [5.41, 5.74) is 0. The fourth-order valence-electron chi connectivity index (χ4n) is 2.93. The Kier molecular flexibility index (Phi) is 2.18. The van der Waals surface area contributed by atoms with Gasteiger partial charge >= 0.3 is 0 Å². The summed E-state index contributed by atoms with van der Waals surface area (Å²) in [5, 5.41) is 0. The molecular weight excluding hydrogens is 162 g/mol. The molecule has 2 heteroatoms. The second-order valence-corrected chi connectivity index (χ2v) is 4.85. The molecule has 0 amide bonds. The highest BCUT2D eigenvalue weighted by atomic mass is 16.1. The Morgan fingerprint density at radius 3 is 2.46 bits per heavy atom. The molecule has 1 aliphatic heterocycles. The SMILES string of the molecule is CC(=O)C1C2CCC2CN1C(C)C. The molecule has 2 fully saturated rings. The van der Waals surface area contributed by atoms with E-state index in [-0.39, 0.29) is 6.04 Å². The number of carbonyl (C=O) groups is 1. The van der Waals surface area contributed by atoms with E-state index in [1.54, 1.807) is 6.92 Å². The molecule has 0 radical (unpaired) electrons. The largest absolute Gasteiger partial charge is 0.298 e. The zero-order valence-corrected chi connectivity index (χ0v) is 8.79. The second-order valence-electron chi connectivity index (χ2n) is 4.85. The number of hydrogen-bond donors (Lipinski definition) is 0. The quantitative estimate of drug-likeness (QED) is 0.646. The van der Waals surface area contributed by atoms with E-state index in [4.69, 9.17) is 0 Å². The first-order valence-electron chi connectivity index (χ1n) is 5.37. The van der Waals surface area contributed by atoms with E-state index in [0.29, 0.717) is 17.7 Å². The summed E-state index contributed by atoms with van der Waals surface area (Å²) in [4.78, 5) is 13.9. The molecular formula is C11H19NO. The Hall–Kier alpha value is -0.370. The van der Waals surface area contributed by atoms with Crippen LogP contribution in [0.1, 0.15) is 33.6 Å². The Bertz CT molecular complexity index is 224. The number of nitrogens with zero attached hydrogens (tertiary/aromatic N) is 1. The third-order valence-electron chi connectivity index (χ3n) is 3.76. The molecule has 0 N–H and O–H groups in total. The highest BCUT2D eigenvalue weighted by Crippen LogP contribution is 2.45. The lowest BCUT2D eigenvalue weighted by atomic mass is 9.72. The summed E-state index contributed by atoms with van der Waals surface area (Å²) in [7, 11) is 0. The molecule has 74 valence electrons. The molecule has 13 heavy (non-hydrogen) atoms. The standard InChI is InChI=1S/C11H19NO/c1-7(2)12-6-9-4-5-10(9)11(12)8(3)13/h7,9-11H,4-6H2,1-3H3. The van der Waals surface area contributed by atoms with Gasteiger partial charge in [0.05, 0.1) is 6.04 Å². The lowest BCUT2D eigenvalue weighted by Gasteiger charge is -2.33. The Morgan fingerprint density at radius 1 is 1.38 bits per heavy atom. The van der Waals surface area contributed by atoms with Gasteiger partial charge in [0.15, 0.2) is 0 Å². The van der Waals surface area contributed by atoms with Crippen molar-refractivity contribution >= 4 is 5.78 Å². The van der Waals surface area contributed by atoms with Crippen LogP contribution in [0.5, 0.6) is 0 Å². The van der Waals surface area contributed by atoms with Gasteiger partial charge < -0.3 is 0 Å². The van der Waals surface area contributed by atoms with Crippen molar-refractivity contribution in [1.29, 1.82) is 0 Å². The maximum Gasteiger partial charge on any atom is 0.147 e. The monoisotopic (exact) mass is 181 g/mol. The summed E-state index contributed by atoms with van der Waals surface area (Å²) in [6.45, 7) is 7.30. The normalized spacial score (nSPS) is 38.9. The maximum absolute atomic E-state index is 11.5. The summed E-state index contributed by atoms with van der Waals surface area (Å²) < 4.78 is 0. The zero-order chi connectivity index (χ0) is 9.59. The highest BCUT2D eigenvalue weighted by molar-refractivity contribution is 5.82. The van der Waals surface area contributed by atoms with Crippen LogP contribution in [0.25, 0.3) is 0 Å². The van der Waals surface area contributed by atoms with Crippen molar-refractivity contribution in [3.63, 3.8) is 0 Å². The Morgan fingerprint density at radius 2 is 2.08 bits per heavy atom. The molecule has 1 saturated heterocycles. The van der Waals surface area contributed by atoms with E-state index in [9.17, 15) is 4.79 Å². The van der Waals surface area contributed by atoms with Crippen LogP contribution in [-0.4, -0.2) is 29.3 Å². The number of rotatable bonds is 2. The lowest BCUT2D eigenvalue weighted by Crippen LogP contribution is -2.43. The van der Waals surface area contributed by atoms with Crippen molar-refractivity contribution < 1.29 is 4.79 Å². The second kappa shape index (κ2) is 3.09. The van der Waals surface area contributed by atoms with E-state index >= 15 is 0 Å². The smallest absolute Gasteiger partial charge is 0.147 e.